The molecular weight excluding hydrogens is 312 g/mol. The van der Waals surface area contributed by atoms with Gasteiger partial charge < -0.3 is 9.47 Å². The average molecular weight is 350 g/mol. The van der Waals surface area contributed by atoms with Gasteiger partial charge in [-0.3, -0.25) is 0 Å². The van der Waals surface area contributed by atoms with Crippen molar-refractivity contribution in [1.29, 1.82) is 0 Å². The van der Waals surface area contributed by atoms with Gasteiger partial charge in [0.1, 0.15) is 12.4 Å². The van der Waals surface area contributed by atoms with Crippen LogP contribution in [0.3, 0.4) is 0 Å². The van der Waals surface area contributed by atoms with E-state index in [0.717, 1.165) is 39.1 Å². The van der Waals surface area contributed by atoms with Crippen LogP contribution in [0.1, 0.15) is 77.0 Å². The summed E-state index contributed by atoms with van der Waals surface area (Å²) in [5.74, 6) is 0. The van der Waals surface area contributed by atoms with Crippen LogP contribution in [0.2, 0.25) is 0 Å². The number of imidazole rings is 1. The topological polar surface area (TPSA) is 27.3 Å². The van der Waals surface area contributed by atoms with Crippen molar-refractivity contribution >= 4 is 0 Å². The van der Waals surface area contributed by atoms with E-state index < -0.39 is 0 Å². The molecule has 142 valence electrons. The smallest absolute Gasteiger partial charge is 0.243 e. The molecule has 1 aromatic rings. The molecule has 0 aliphatic heterocycles. The fraction of sp³-hybridized carbons (Fsp3) is 0.857. The summed E-state index contributed by atoms with van der Waals surface area (Å²) in [5.41, 5.74) is 0. The van der Waals surface area contributed by atoms with Crippen LogP contribution in [-0.4, -0.2) is 30.0 Å². The van der Waals surface area contributed by atoms with Gasteiger partial charge in [0, 0.05) is 12.8 Å². The monoisotopic (exact) mass is 349 g/mol. The summed E-state index contributed by atoms with van der Waals surface area (Å²) in [7, 11) is 0. The molecule has 2 aliphatic carbocycles. The van der Waals surface area contributed by atoms with Gasteiger partial charge in [0.2, 0.25) is 6.33 Å². The van der Waals surface area contributed by atoms with Gasteiger partial charge in [-0.2, -0.15) is 0 Å². The molecule has 2 aliphatic rings. The van der Waals surface area contributed by atoms with E-state index >= 15 is 0 Å². The molecule has 2 fully saturated rings. The molecule has 0 saturated heterocycles. The number of hydrogen-bond acceptors (Lipinski definition) is 2. The van der Waals surface area contributed by atoms with Crippen LogP contribution in [0.4, 0.5) is 0 Å². The molecule has 1 aromatic heterocycles. The summed E-state index contributed by atoms with van der Waals surface area (Å²) in [4.78, 5) is 0. The third-order valence-electron chi connectivity index (χ3n) is 5.68. The second-order valence-corrected chi connectivity index (χ2v) is 7.86. The Bertz CT molecular complexity index is 422. The third kappa shape index (κ3) is 7.10. The van der Waals surface area contributed by atoms with E-state index in [1.54, 1.807) is 0 Å². The lowest BCUT2D eigenvalue weighted by atomic mass is 9.98. The summed E-state index contributed by atoms with van der Waals surface area (Å²) in [6, 6.07) is 0. The first-order valence-electron chi connectivity index (χ1n) is 10.7. The summed E-state index contributed by atoms with van der Waals surface area (Å²) < 4.78 is 16.6. The first-order chi connectivity index (χ1) is 12.4. The number of nitrogens with zero attached hydrogens (tertiary/aromatic N) is 2. The van der Waals surface area contributed by atoms with E-state index in [4.69, 9.17) is 9.47 Å². The molecule has 3 rings (SSSR count). The highest BCUT2D eigenvalue weighted by atomic mass is 16.5. The Labute approximate surface area is 153 Å². The quantitative estimate of drug-likeness (QED) is 0.466. The van der Waals surface area contributed by atoms with E-state index in [0.29, 0.717) is 12.2 Å². The molecule has 0 radical (unpaired) electrons. The van der Waals surface area contributed by atoms with Crippen LogP contribution in [0, 0.1) is 0 Å². The highest BCUT2D eigenvalue weighted by Crippen LogP contribution is 2.21. The van der Waals surface area contributed by atoms with E-state index in [1.807, 2.05) is 0 Å². The Morgan fingerprint density at radius 1 is 0.800 bits per heavy atom. The standard InChI is InChI=1S/C21H37N2O2/c1-3-9-20(10-4-1)24-17-7-13-22-15-16-23(19-22)14-8-18-25-21-11-5-2-6-12-21/h15-16,19-21H,1-14,17-18H2/q+1. The van der Waals surface area contributed by atoms with Gasteiger partial charge in [-0.15, -0.1) is 0 Å². The van der Waals surface area contributed by atoms with Crippen molar-refractivity contribution in [3.05, 3.63) is 18.7 Å². The zero-order valence-corrected chi connectivity index (χ0v) is 15.9. The summed E-state index contributed by atoms with van der Waals surface area (Å²) in [5, 5.41) is 0. The van der Waals surface area contributed by atoms with Gasteiger partial charge in [-0.05, 0) is 25.7 Å². The molecule has 0 atom stereocenters. The molecule has 4 nitrogen and oxygen atoms in total. The van der Waals surface area contributed by atoms with Crippen molar-refractivity contribution in [2.75, 3.05) is 13.2 Å². The van der Waals surface area contributed by atoms with Crippen LogP contribution < -0.4 is 4.57 Å². The van der Waals surface area contributed by atoms with Crippen LogP contribution in [-0.2, 0) is 22.6 Å². The Morgan fingerprint density at radius 3 is 2.04 bits per heavy atom. The SMILES string of the molecule is c1c[n+](CCCOC2CCCCC2)cn1CCCOC1CCCCC1. The normalized spacial score (nSPS) is 20.2. The molecule has 0 spiro atoms. The molecule has 4 heteroatoms. The number of aromatic nitrogens is 2. The van der Waals surface area contributed by atoms with E-state index in [1.165, 1.54) is 64.2 Å². The number of hydrogen-bond donors (Lipinski definition) is 0. The van der Waals surface area contributed by atoms with E-state index in [-0.39, 0.29) is 0 Å². The van der Waals surface area contributed by atoms with Gasteiger partial charge in [-0.25, -0.2) is 9.13 Å². The minimum atomic E-state index is 0.535. The lowest BCUT2D eigenvalue weighted by molar-refractivity contribution is -0.697. The predicted octanol–water partition coefficient (Wildman–Crippen LogP) is 4.25. The van der Waals surface area contributed by atoms with Gasteiger partial charge >= 0.3 is 0 Å². The van der Waals surface area contributed by atoms with Crippen molar-refractivity contribution < 1.29 is 14.0 Å². The highest BCUT2D eigenvalue weighted by Gasteiger charge is 2.14. The Hall–Kier alpha value is -0.870. The molecule has 25 heavy (non-hydrogen) atoms. The molecule has 0 aromatic carbocycles. The zero-order chi connectivity index (χ0) is 17.2. The number of aryl methyl sites for hydroxylation is 2. The summed E-state index contributed by atoms with van der Waals surface area (Å²) in [6.45, 7) is 3.91. The lowest BCUT2D eigenvalue weighted by Crippen LogP contribution is -2.32. The minimum absolute atomic E-state index is 0.535. The van der Waals surface area contributed by atoms with Crippen LogP contribution in [0.15, 0.2) is 18.7 Å². The fourth-order valence-corrected chi connectivity index (χ4v) is 4.16. The zero-order valence-electron chi connectivity index (χ0n) is 15.9. The van der Waals surface area contributed by atoms with Gasteiger partial charge in [-0.1, -0.05) is 38.5 Å². The first-order valence-corrected chi connectivity index (χ1v) is 10.7. The molecule has 0 unspecified atom stereocenters. The van der Waals surface area contributed by atoms with Gasteiger partial charge in [0.05, 0.1) is 38.5 Å². The first kappa shape index (κ1) is 18.9. The average Bonchev–Trinajstić information content (AvgIpc) is 3.12. The Kier molecular flexibility index (Phi) is 8.30. The van der Waals surface area contributed by atoms with Crippen molar-refractivity contribution in [1.82, 2.24) is 4.57 Å². The van der Waals surface area contributed by atoms with Crippen molar-refractivity contribution in [2.24, 2.45) is 0 Å². The molecule has 1 heterocycles. The molecule has 0 N–H and O–H groups in total. The minimum Gasteiger partial charge on any atom is -0.378 e. The third-order valence-corrected chi connectivity index (χ3v) is 5.68. The summed E-state index contributed by atoms with van der Waals surface area (Å²) >= 11 is 0. The second-order valence-electron chi connectivity index (χ2n) is 7.86. The van der Waals surface area contributed by atoms with Crippen LogP contribution >= 0.6 is 0 Å². The number of rotatable bonds is 10. The fourth-order valence-electron chi connectivity index (χ4n) is 4.16. The molecule has 2 saturated carbocycles. The summed E-state index contributed by atoms with van der Waals surface area (Å²) in [6.07, 6.45) is 23.2. The van der Waals surface area contributed by atoms with Crippen molar-refractivity contribution in [2.45, 2.75) is 102 Å². The van der Waals surface area contributed by atoms with Crippen molar-refractivity contribution in [3.8, 4) is 0 Å². The molecule has 0 bridgehead atoms. The van der Waals surface area contributed by atoms with E-state index in [2.05, 4.69) is 27.9 Å². The Morgan fingerprint density at radius 2 is 1.40 bits per heavy atom. The van der Waals surface area contributed by atoms with E-state index in [9.17, 15) is 0 Å². The maximum Gasteiger partial charge on any atom is 0.243 e. The van der Waals surface area contributed by atoms with Gasteiger partial charge in [0.15, 0.2) is 0 Å². The predicted molar refractivity (Wildman–Crippen MR) is 99.5 cm³/mol. The largest absolute Gasteiger partial charge is 0.378 e. The number of ether oxygens (including phenoxy) is 2. The van der Waals surface area contributed by atoms with Crippen LogP contribution in [0.5, 0.6) is 0 Å². The lowest BCUT2D eigenvalue weighted by Gasteiger charge is -2.21. The molecule has 0 amide bonds. The highest BCUT2D eigenvalue weighted by molar-refractivity contribution is 4.68. The maximum atomic E-state index is 6.01. The molecular formula is C21H37N2O2+. The van der Waals surface area contributed by atoms with Crippen LogP contribution in [0.25, 0.3) is 0 Å². The Balaban J connectivity index is 1.23. The maximum absolute atomic E-state index is 6.01. The van der Waals surface area contributed by atoms with Gasteiger partial charge in [0.25, 0.3) is 0 Å². The second kappa shape index (κ2) is 11.0. The van der Waals surface area contributed by atoms with Crippen molar-refractivity contribution in [3.63, 3.8) is 0 Å².